The third kappa shape index (κ3) is 6.22. The molecule has 10 heteroatoms. The third-order valence-electron chi connectivity index (χ3n) is 4.44. The molecule has 0 spiro atoms. The first-order chi connectivity index (χ1) is 15.9. The van der Waals surface area contributed by atoms with Gasteiger partial charge in [0.1, 0.15) is 12.7 Å². The second kappa shape index (κ2) is 11.0. The van der Waals surface area contributed by atoms with Crippen molar-refractivity contribution in [3.8, 4) is 11.8 Å². The van der Waals surface area contributed by atoms with Crippen molar-refractivity contribution in [3.63, 3.8) is 0 Å². The van der Waals surface area contributed by atoms with Gasteiger partial charge in [0.25, 0.3) is 0 Å². The Hall–Kier alpha value is -4.07. The molecule has 0 aliphatic rings. The first kappa shape index (κ1) is 23.6. The fraction of sp³-hybridized carbons (Fsp3) is 0.174. The van der Waals surface area contributed by atoms with Crippen LogP contribution in [0.1, 0.15) is 11.7 Å². The number of anilines is 4. The van der Waals surface area contributed by atoms with E-state index < -0.39 is 17.7 Å². The lowest BCUT2D eigenvalue weighted by Crippen LogP contribution is -2.06. The van der Waals surface area contributed by atoms with Gasteiger partial charge in [0.2, 0.25) is 5.95 Å². The van der Waals surface area contributed by atoms with Crippen molar-refractivity contribution in [2.45, 2.75) is 6.10 Å². The second-order valence-electron chi connectivity index (χ2n) is 6.79. The van der Waals surface area contributed by atoms with Crippen LogP contribution < -0.4 is 15.4 Å². The van der Waals surface area contributed by atoms with Gasteiger partial charge in [0.05, 0.1) is 24.4 Å². The molecule has 0 radical (unpaired) electrons. The zero-order valence-electron chi connectivity index (χ0n) is 17.7. The largest absolute Gasteiger partial charge is 0.488 e. The summed E-state index contributed by atoms with van der Waals surface area (Å²) in [6, 6.07) is 12.4. The molecule has 0 aliphatic carbocycles. The molecule has 0 amide bonds. The van der Waals surface area contributed by atoms with Gasteiger partial charge in [-0.05, 0) is 29.8 Å². The fourth-order valence-electron chi connectivity index (χ4n) is 2.72. The third-order valence-corrected chi connectivity index (χ3v) is 4.44. The van der Waals surface area contributed by atoms with Gasteiger partial charge in [-0.3, -0.25) is 0 Å². The molecular formula is C23H21F2N5O3. The molecule has 170 valence electrons. The fourth-order valence-corrected chi connectivity index (χ4v) is 2.72. The summed E-state index contributed by atoms with van der Waals surface area (Å²) in [4.78, 5) is 7.96. The van der Waals surface area contributed by atoms with Gasteiger partial charge in [-0.2, -0.15) is 10.2 Å². The Bertz CT molecular complexity index is 1170. The lowest BCUT2D eigenvalue weighted by atomic mass is 10.0. The van der Waals surface area contributed by atoms with Crippen molar-refractivity contribution in [3.05, 3.63) is 78.0 Å². The minimum absolute atomic E-state index is 0.0132. The molecule has 1 heterocycles. The lowest BCUT2D eigenvalue weighted by Gasteiger charge is -2.12. The van der Waals surface area contributed by atoms with Crippen molar-refractivity contribution in [2.75, 3.05) is 31.0 Å². The summed E-state index contributed by atoms with van der Waals surface area (Å²) in [6.07, 6.45) is -0.140. The zero-order chi connectivity index (χ0) is 23.8. The van der Waals surface area contributed by atoms with E-state index in [1.807, 2.05) is 0 Å². The van der Waals surface area contributed by atoms with E-state index in [-0.39, 0.29) is 29.7 Å². The van der Waals surface area contributed by atoms with Crippen LogP contribution >= 0.6 is 0 Å². The quantitative estimate of drug-likeness (QED) is 0.306. The summed E-state index contributed by atoms with van der Waals surface area (Å²) in [5.41, 5.74) is 1.31. The number of nitriles is 1. The predicted octanol–water partition coefficient (Wildman–Crippen LogP) is 4.38. The van der Waals surface area contributed by atoms with E-state index in [4.69, 9.17) is 14.7 Å². The molecule has 0 fully saturated rings. The number of halogens is 2. The Kier molecular flexibility index (Phi) is 7.86. The number of hydrogen-bond donors (Lipinski definition) is 3. The van der Waals surface area contributed by atoms with E-state index in [0.717, 1.165) is 6.20 Å². The van der Waals surface area contributed by atoms with Crippen molar-refractivity contribution >= 4 is 23.1 Å². The zero-order valence-corrected chi connectivity index (χ0v) is 17.7. The number of hydrogen-bond acceptors (Lipinski definition) is 8. The Morgan fingerprint density at radius 1 is 1.12 bits per heavy atom. The first-order valence-corrected chi connectivity index (χ1v) is 9.76. The van der Waals surface area contributed by atoms with E-state index in [9.17, 15) is 13.9 Å². The number of aliphatic hydroxyl groups excluding tert-OH is 1. The predicted molar refractivity (Wildman–Crippen MR) is 118 cm³/mol. The lowest BCUT2D eigenvalue weighted by molar-refractivity contribution is 0.144. The van der Waals surface area contributed by atoms with Crippen LogP contribution in [-0.4, -0.2) is 35.4 Å². The van der Waals surface area contributed by atoms with Crippen molar-refractivity contribution in [1.29, 1.82) is 5.26 Å². The highest BCUT2D eigenvalue weighted by atomic mass is 19.1. The van der Waals surface area contributed by atoms with E-state index >= 15 is 0 Å². The number of rotatable bonds is 10. The average molecular weight is 453 g/mol. The van der Waals surface area contributed by atoms with Gasteiger partial charge >= 0.3 is 0 Å². The molecule has 1 atom stereocenters. The van der Waals surface area contributed by atoms with Crippen molar-refractivity contribution in [1.82, 2.24) is 9.97 Å². The summed E-state index contributed by atoms with van der Waals surface area (Å²) < 4.78 is 38.6. The molecule has 3 aromatic rings. The number of benzene rings is 2. The molecule has 3 N–H and O–H groups in total. The van der Waals surface area contributed by atoms with E-state index in [1.165, 1.54) is 19.2 Å². The summed E-state index contributed by atoms with van der Waals surface area (Å²) in [6.45, 7) is 4.03. The van der Waals surface area contributed by atoms with Gasteiger partial charge in [-0.1, -0.05) is 18.7 Å². The molecular weight excluding hydrogens is 432 g/mol. The highest BCUT2D eigenvalue weighted by Crippen LogP contribution is 2.26. The molecule has 0 aliphatic heterocycles. The molecule has 8 nitrogen and oxygen atoms in total. The summed E-state index contributed by atoms with van der Waals surface area (Å²) in [7, 11) is 1.52. The monoisotopic (exact) mass is 453 g/mol. The Labute approximate surface area is 189 Å². The van der Waals surface area contributed by atoms with Gasteiger partial charge in [-0.25, -0.2) is 13.8 Å². The molecule has 2 aromatic carbocycles. The molecule has 1 aromatic heterocycles. The Morgan fingerprint density at radius 3 is 2.52 bits per heavy atom. The standard InChI is InChI=1S/C23H21F2N5O3/c1-14(12-26)21(31)15-3-5-16(6-4-15)28-22-19(25)13-27-23(30-22)29-17-7-8-20(18(24)11-17)33-10-9-32-2/h3-8,11,13,21,31H,1,9-10H2,2H3,(H2,27,28,29,30). The van der Waals surface area contributed by atoms with E-state index in [0.29, 0.717) is 23.5 Å². The van der Waals surface area contributed by atoms with E-state index in [2.05, 4.69) is 27.2 Å². The number of nitrogens with one attached hydrogen (secondary N) is 2. The summed E-state index contributed by atoms with van der Waals surface area (Å²) in [5.74, 6) is -1.27. The van der Waals surface area contributed by atoms with Crippen LogP contribution in [0.25, 0.3) is 0 Å². The van der Waals surface area contributed by atoms with Crippen molar-refractivity contribution in [2.24, 2.45) is 0 Å². The Balaban J connectivity index is 1.70. The molecule has 3 rings (SSSR count). The van der Waals surface area contributed by atoms with Crippen LogP contribution in [0.3, 0.4) is 0 Å². The normalized spacial score (nSPS) is 11.4. The smallest absolute Gasteiger partial charge is 0.229 e. The highest BCUT2D eigenvalue weighted by Gasteiger charge is 2.13. The SMILES string of the molecule is C=C(C#N)C(O)c1ccc(Nc2nc(Nc3ccc(OCCOC)c(F)c3)ncc2F)cc1. The first-order valence-electron chi connectivity index (χ1n) is 9.76. The van der Waals surface area contributed by atoms with Crippen LogP contribution in [0.5, 0.6) is 5.75 Å². The minimum atomic E-state index is -1.12. The van der Waals surface area contributed by atoms with Crippen LogP contribution in [0.4, 0.5) is 31.9 Å². The van der Waals surface area contributed by atoms with Crippen LogP contribution in [0.15, 0.2) is 60.8 Å². The van der Waals surface area contributed by atoms with Crippen molar-refractivity contribution < 1.29 is 23.4 Å². The molecule has 1 unspecified atom stereocenters. The number of aromatic nitrogens is 2. The average Bonchev–Trinajstić information content (AvgIpc) is 2.82. The topological polar surface area (TPSA) is 112 Å². The Morgan fingerprint density at radius 2 is 1.85 bits per heavy atom. The van der Waals surface area contributed by atoms with Gasteiger partial charge < -0.3 is 25.2 Å². The van der Waals surface area contributed by atoms with Gasteiger partial charge in [-0.15, -0.1) is 0 Å². The molecule has 0 saturated heterocycles. The minimum Gasteiger partial charge on any atom is -0.488 e. The van der Waals surface area contributed by atoms with E-state index in [1.54, 1.807) is 36.4 Å². The number of ether oxygens (including phenoxy) is 2. The van der Waals surface area contributed by atoms with Gasteiger partial charge in [0.15, 0.2) is 23.2 Å². The van der Waals surface area contributed by atoms with Crippen LogP contribution in [-0.2, 0) is 4.74 Å². The molecule has 33 heavy (non-hydrogen) atoms. The molecule has 0 saturated carbocycles. The summed E-state index contributed by atoms with van der Waals surface area (Å²) >= 11 is 0. The number of methoxy groups -OCH3 is 1. The maximum absolute atomic E-state index is 14.2. The number of aliphatic hydroxyl groups is 1. The highest BCUT2D eigenvalue weighted by molar-refractivity contribution is 5.61. The van der Waals surface area contributed by atoms with Crippen LogP contribution in [0, 0.1) is 23.0 Å². The maximum atomic E-state index is 14.2. The number of nitrogens with zero attached hydrogens (tertiary/aromatic N) is 3. The second-order valence-corrected chi connectivity index (χ2v) is 6.79. The van der Waals surface area contributed by atoms with Gasteiger partial charge in [0, 0.05) is 24.6 Å². The maximum Gasteiger partial charge on any atom is 0.229 e. The molecule has 0 bridgehead atoms. The summed E-state index contributed by atoms with van der Waals surface area (Å²) in [5, 5.41) is 24.5. The van der Waals surface area contributed by atoms with Crippen LogP contribution in [0.2, 0.25) is 0 Å².